The SMILES string of the molecule is O=c1ccn(CCC(O)c2ccccc2)cc1. The third kappa shape index (κ3) is 3.29. The van der Waals surface area contributed by atoms with Crippen molar-refractivity contribution in [3.63, 3.8) is 0 Å². The van der Waals surface area contributed by atoms with Crippen LogP contribution in [-0.4, -0.2) is 9.67 Å². The van der Waals surface area contributed by atoms with Gasteiger partial charge in [-0.25, -0.2) is 0 Å². The lowest BCUT2D eigenvalue weighted by atomic mass is 10.1. The van der Waals surface area contributed by atoms with Crippen molar-refractivity contribution >= 4 is 0 Å². The second kappa shape index (κ2) is 5.46. The van der Waals surface area contributed by atoms with Crippen LogP contribution in [0.5, 0.6) is 0 Å². The molecule has 0 amide bonds. The minimum atomic E-state index is -0.462. The van der Waals surface area contributed by atoms with Gasteiger partial charge >= 0.3 is 0 Å². The summed E-state index contributed by atoms with van der Waals surface area (Å²) in [4.78, 5) is 10.9. The van der Waals surface area contributed by atoms with Crippen LogP contribution in [0.4, 0.5) is 0 Å². The summed E-state index contributed by atoms with van der Waals surface area (Å²) >= 11 is 0. The van der Waals surface area contributed by atoms with E-state index in [1.54, 1.807) is 12.4 Å². The van der Waals surface area contributed by atoms with E-state index in [-0.39, 0.29) is 5.43 Å². The van der Waals surface area contributed by atoms with Gasteiger partial charge in [-0.2, -0.15) is 0 Å². The van der Waals surface area contributed by atoms with Crippen molar-refractivity contribution in [2.75, 3.05) is 0 Å². The molecule has 17 heavy (non-hydrogen) atoms. The Kier molecular flexibility index (Phi) is 3.73. The number of nitrogens with zero attached hydrogens (tertiary/aromatic N) is 1. The highest BCUT2D eigenvalue weighted by atomic mass is 16.3. The first-order chi connectivity index (χ1) is 8.25. The predicted octanol–water partition coefficient (Wildman–Crippen LogP) is 1.97. The van der Waals surface area contributed by atoms with E-state index in [2.05, 4.69) is 0 Å². The zero-order valence-electron chi connectivity index (χ0n) is 9.49. The van der Waals surface area contributed by atoms with E-state index in [1.165, 1.54) is 12.1 Å². The van der Waals surface area contributed by atoms with Crippen LogP contribution in [0.15, 0.2) is 59.7 Å². The molecule has 2 aromatic rings. The molecule has 3 nitrogen and oxygen atoms in total. The molecule has 1 aromatic carbocycles. The highest BCUT2D eigenvalue weighted by Gasteiger charge is 2.05. The summed E-state index contributed by atoms with van der Waals surface area (Å²) in [6, 6.07) is 12.6. The lowest BCUT2D eigenvalue weighted by Gasteiger charge is -2.12. The van der Waals surface area contributed by atoms with Crippen LogP contribution in [0.25, 0.3) is 0 Å². The summed E-state index contributed by atoms with van der Waals surface area (Å²) < 4.78 is 1.90. The van der Waals surface area contributed by atoms with E-state index in [1.807, 2.05) is 34.9 Å². The molecule has 1 heterocycles. The summed E-state index contributed by atoms with van der Waals surface area (Å²) in [5.74, 6) is 0. The summed E-state index contributed by atoms with van der Waals surface area (Å²) in [7, 11) is 0. The number of aromatic nitrogens is 1. The van der Waals surface area contributed by atoms with Gasteiger partial charge in [-0.1, -0.05) is 30.3 Å². The van der Waals surface area contributed by atoms with E-state index in [0.717, 1.165) is 5.56 Å². The highest BCUT2D eigenvalue weighted by molar-refractivity contribution is 5.17. The molecule has 0 radical (unpaired) electrons. The predicted molar refractivity (Wildman–Crippen MR) is 66.7 cm³/mol. The summed E-state index contributed by atoms with van der Waals surface area (Å²) in [6.07, 6.45) is 3.64. The second-order valence-corrected chi connectivity index (χ2v) is 3.99. The maximum Gasteiger partial charge on any atom is 0.181 e. The van der Waals surface area contributed by atoms with Gasteiger partial charge in [-0.15, -0.1) is 0 Å². The van der Waals surface area contributed by atoms with Crippen LogP contribution in [0, 0.1) is 0 Å². The van der Waals surface area contributed by atoms with E-state index in [9.17, 15) is 9.90 Å². The number of pyridine rings is 1. The van der Waals surface area contributed by atoms with Gasteiger partial charge in [0, 0.05) is 31.1 Å². The van der Waals surface area contributed by atoms with Gasteiger partial charge in [0.05, 0.1) is 6.10 Å². The third-order valence-electron chi connectivity index (χ3n) is 2.71. The molecule has 0 aliphatic rings. The molecule has 1 unspecified atom stereocenters. The first-order valence-electron chi connectivity index (χ1n) is 5.65. The molecule has 1 N–H and O–H groups in total. The average Bonchev–Trinajstić information content (AvgIpc) is 2.39. The molecular formula is C14H15NO2. The lowest BCUT2D eigenvalue weighted by molar-refractivity contribution is 0.161. The third-order valence-corrected chi connectivity index (χ3v) is 2.71. The van der Waals surface area contributed by atoms with Gasteiger partial charge < -0.3 is 9.67 Å². The Morgan fingerprint density at radius 2 is 1.71 bits per heavy atom. The highest BCUT2D eigenvalue weighted by Crippen LogP contribution is 2.16. The van der Waals surface area contributed by atoms with E-state index < -0.39 is 6.10 Å². The number of aliphatic hydroxyl groups is 1. The van der Waals surface area contributed by atoms with Crippen LogP contribution in [0.1, 0.15) is 18.1 Å². The van der Waals surface area contributed by atoms with E-state index in [0.29, 0.717) is 13.0 Å². The molecule has 0 saturated heterocycles. The van der Waals surface area contributed by atoms with Gasteiger partial charge in [0.25, 0.3) is 0 Å². The van der Waals surface area contributed by atoms with Gasteiger partial charge in [-0.3, -0.25) is 4.79 Å². The summed E-state index contributed by atoms with van der Waals surface area (Å²) in [5, 5.41) is 9.96. The van der Waals surface area contributed by atoms with E-state index >= 15 is 0 Å². The molecule has 0 spiro atoms. The van der Waals surface area contributed by atoms with Crippen molar-refractivity contribution in [2.45, 2.75) is 19.1 Å². The standard InChI is InChI=1S/C14H15NO2/c16-13-6-9-15(10-7-13)11-8-14(17)12-4-2-1-3-5-12/h1-7,9-10,14,17H,8,11H2. The average molecular weight is 229 g/mol. The zero-order valence-corrected chi connectivity index (χ0v) is 9.49. The van der Waals surface area contributed by atoms with Gasteiger partial charge in [0.2, 0.25) is 0 Å². The number of hydrogen-bond acceptors (Lipinski definition) is 2. The molecule has 0 bridgehead atoms. The largest absolute Gasteiger partial charge is 0.388 e. The van der Waals surface area contributed by atoms with Crippen LogP contribution in [-0.2, 0) is 6.54 Å². The maximum atomic E-state index is 10.9. The molecule has 1 aromatic heterocycles. The Hall–Kier alpha value is -1.87. The minimum Gasteiger partial charge on any atom is -0.388 e. The van der Waals surface area contributed by atoms with Gasteiger partial charge in [0.15, 0.2) is 5.43 Å². The molecular weight excluding hydrogens is 214 g/mol. The Morgan fingerprint density at radius 3 is 2.35 bits per heavy atom. The van der Waals surface area contributed by atoms with Crippen LogP contribution in [0.3, 0.4) is 0 Å². The maximum absolute atomic E-state index is 10.9. The molecule has 88 valence electrons. The quantitative estimate of drug-likeness (QED) is 0.871. The fourth-order valence-corrected chi connectivity index (χ4v) is 1.71. The minimum absolute atomic E-state index is 0.00450. The topological polar surface area (TPSA) is 42.2 Å². The van der Waals surface area contributed by atoms with Crippen LogP contribution in [0.2, 0.25) is 0 Å². The number of aryl methyl sites for hydroxylation is 1. The number of aliphatic hydroxyl groups excluding tert-OH is 1. The number of rotatable bonds is 4. The van der Waals surface area contributed by atoms with Crippen LogP contribution < -0.4 is 5.43 Å². The Balaban J connectivity index is 1.94. The molecule has 0 aliphatic heterocycles. The Bertz CT molecular complexity index is 499. The molecule has 0 aliphatic carbocycles. The first-order valence-corrected chi connectivity index (χ1v) is 5.65. The fraction of sp³-hybridized carbons (Fsp3) is 0.214. The number of hydrogen-bond donors (Lipinski definition) is 1. The lowest BCUT2D eigenvalue weighted by Crippen LogP contribution is -2.07. The van der Waals surface area contributed by atoms with Crippen molar-refractivity contribution in [1.29, 1.82) is 0 Å². The molecule has 3 heteroatoms. The Labute approximate surface area is 100.0 Å². The molecule has 0 saturated carbocycles. The number of benzene rings is 1. The summed E-state index contributed by atoms with van der Waals surface area (Å²) in [6.45, 7) is 0.691. The zero-order chi connectivity index (χ0) is 12.1. The smallest absolute Gasteiger partial charge is 0.181 e. The van der Waals surface area contributed by atoms with Crippen molar-refractivity contribution in [3.05, 3.63) is 70.6 Å². The van der Waals surface area contributed by atoms with Crippen molar-refractivity contribution in [1.82, 2.24) is 4.57 Å². The van der Waals surface area contributed by atoms with Gasteiger partial charge in [-0.05, 0) is 12.0 Å². The fourth-order valence-electron chi connectivity index (χ4n) is 1.71. The van der Waals surface area contributed by atoms with Crippen molar-refractivity contribution < 1.29 is 5.11 Å². The van der Waals surface area contributed by atoms with Crippen molar-refractivity contribution in [2.24, 2.45) is 0 Å². The van der Waals surface area contributed by atoms with Crippen molar-refractivity contribution in [3.8, 4) is 0 Å². The second-order valence-electron chi connectivity index (χ2n) is 3.99. The van der Waals surface area contributed by atoms with E-state index in [4.69, 9.17) is 0 Å². The Morgan fingerprint density at radius 1 is 1.06 bits per heavy atom. The van der Waals surface area contributed by atoms with Crippen LogP contribution >= 0.6 is 0 Å². The monoisotopic (exact) mass is 229 g/mol. The van der Waals surface area contributed by atoms with Gasteiger partial charge in [0.1, 0.15) is 0 Å². The first kappa shape index (κ1) is 11.6. The molecule has 1 atom stereocenters. The molecule has 0 fully saturated rings. The summed E-state index contributed by atoms with van der Waals surface area (Å²) in [5.41, 5.74) is 0.929. The normalized spacial score (nSPS) is 12.3. The molecule has 2 rings (SSSR count).